The van der Waals surface area contributed by atoms with Crippen molar-refractivity contribution in [1.82, 2.24) is 15.1 Å². The summed E-state index contributed by atoms with van der Waals surface area (Å²) in [7, 11) is 0. The third-order valence-electron chi connectivity index (χ3n) is 3.72. The first-order valence-electron chi connectivity index (χ1n) is 8.05. The van der Waals surface area contributed by atoms with Gasteiger partial charge < -0.3 is 10.6 Å². The summed E-state index contributed by atoms with van der Waals surface area (Å²) >= 11 is 5.21. The molecule has 1 heterocycles. The maximum Gasteiger partial charge on any atom is 0.435 e. The number of rotatable bonds is 6. The largest absolute Gasteiger partial charge is 0.435 e. The number of aryl methyl sites for hydroxylation is 3. The van der Waals surface area contributed by atoms with E-state index in [0.717, 1.165) is 18.2 Å². The molecule has 0 aliphatic rings. The standard InChI is InChI=1S/C17H21F3N4S/c1-3-13-5-7-14(8-6-13)22-16(25)21-9-4-10-24-12(2)11-15(23-24)17(18,19)20/h5-8,11H,3-4,9-10H2,1-2H3,(H2,21,22,25). The van der Waals surface area contributed by atoms with Crippen LogP contribution in [-0.4, -0.2) is 21.4 Å². The number of alkyl halides is 3. The molecule has 0 saturated heterocycles. The lowest BCUT2D eigenvalue weighted by molar-refractivity contribution is -0.141. The quantitative estimate of drug-likeness (QED) is 0.592. The lowest BCUT2D eigenvalue weighted by Gasteiger charge is -2.11. The molecule has 25 heavy (non-hydrogen) atoms. The monoisotopic (exact) mass is 370 g/mol. The van der Waals surface area contributed by atoms with Gasteiger partial charge in [0.1, 0.15) is 0 Å². The lowest BCUT2D eigenvalue weighted by atomic mass is 10.1. The molecule has 8 heteroatoms. The molecule has 1 aromatic heterocycles. The van der Waals surface area contributed by atoms with Gasteiger partial charge in [-0.25, -0.2) is 0 Å². The highest BCUT2D eigenvalue weighted by Crippen LogP contribution is 2.28. The lowest BCUT2D eigenvalue weighted by Crippen LogP contribution is -2.29. The Balaban J connectivity index is 1.75. The van der Waals surface area contributed by atoms with Crippen molar-refractivity contribution in [3.05, 3.63) is 47.3 Å². The summed E-state index contributed by atoms with van der Waals surface area (Å²) in [4.78, 5) is 0. The summed E-state index contributed by atoms with van der Waals surface area (Å²) in [6, 6.07) is 9.03. The van der Waals surface area contributed by atoms with Gasteiger partial charge in [0.25, 0.3) is 0 Å². The van der Waals surface area contributed by atoms with E-state index in [1.807, 2.05) is 24.3 Å². The number of nitrogens with one attached hydrogen (secondary N) is 2. The predicted octanol–water partition coefficient (Wildman–Crippen LogP) is 4.15. The number of thiocarbonyl (C=S) groups is 1. The number of aromatic nitrogens is 2. The SMILES string of the molecule is CCc1ccc(NC(=S)NCCCn2nc(C(F)(F)F)cc2C)cc1. The van der Waals surface area contributed by atoms with E-state index >= 15 is 0 Å². The first kappa shape index (κ1) is 19.2. The van der Waals surface area contributed by atoms with E-state index < -0.39 is 11.9 Å². The minimum atomic E-state index is -4.41. The molecule has 0 fully saturated rings. The van der Waals surface area contributed by atoms with E-state index in [2.05, 4.69) is 22.7 Å². The van der Waals surface area contributed by atoms with Crippen LogP contribution >= 0.6 is 12.2 Å². The number of nitrogens with zero attached hydrogens (tertiary/aromatic N) is 2. The van der Waals surface area contributed by atoms with Crippen molar-refractivity contribution < 1.29 is 13.2 Å². The molecule has 0 spiro atoms. The molecule has 136 valence electrons. The highest BCUT2D eigenvalue weighted by atomic mass is 32.1. The smallest absolute Gasteiger partial charge is 0.362 e. The Hall–Kier alpha value is -2.09. The van der Waals surface area contributed by atoms with Gasteiger partial charge in [-0.2, -0.15) is 18.3 Å². The fraction of sp³-hybridized carbons (Fsp3) is 0.412. The summed E-state index contributed by atoms with van der Waals surface area (Å²) in [5, 5.41) is 10.2. The minimum Gasteiger partial charge on any atom is -0.362 e. The number of anilines is 1. The zero-order chi connectivity index (χ0) is 18.4. The maximum absolute atomic E-state index is 12.6. The van der Waals surface area contributed by atoms with E-state index in [1.54, 1.807) is 6.92 Å². The normalized spacial score (nSPS) is 11.4. The van der Waals surface area contributed by atoms with Gasteiger partial charge in [-0.15, -0.1) is 0 Å². The van der Waals surface area contributed by atoms with E-state index in [-0.39, 0.29) is 0 Å². The topological polar surface area (TPSA) is 41.9 Å². The number of hydrogen-bond acceptors (Lipinski definition) is 2. The zero-order valence-corrected chi connectivity index (χ0v) is 15.0. The first-order valence-corrected chi connectivity index (χ1v) is 8.46. The van der Waals surface area contributed by atoms with E-state index in [0.29, 0.717) is 30.3 Å². The molecule has 0 bridgehead atoms. The van der Waals surface area contributed by atoms with Crippen molar-refractivity contribution in [3.63, 3.8) is 0 Å². The molecule has 0 radical (unpaired) electrons. The molecule has 0 atom stereocenters. The van der Waals surface area contributed by atoms with Gasteiger partial charge in [-0.05, 0) is 55.7 Å². The molecule has 2 aromatic rings. The van der Waals surface area contributed by atoms with E-state index in [9.17, 15) is 13.2 Å². The van der Waals surface area contributed by atoms with Gasteiger partial charge in [0.05, 0.1) is 0 Å². The van der Waals surface area contributed by atoms with Crippen molar-refractivity contribution >= 4 is 23.0 Å². The highest BCUT2D eigenvalue weighted by Gasteiger charge is 2.34. The Morgan fingerprint density at radius 2 is 1.92 bits per heavy atom. The summed E-state index contributed by atoms with van der Waals surface area (Å²) in [6.07, 6.45) is -2.82. The van der Waals surface area contributed by atoms with Crippen molar-refractivity contribution in [2.24, 2.45) is 0 Å². The highest BCUT2D eigenvalue weighted by molar-refractivity contribution is 7.80. The maximum atomic E-state index is 12.6. The molecule has 0 saturated carbocycles. The number of halogens is 3. The van der Waals surface area contributed by atoms with Crippen molar-refractivity contribution in [1.29, 1.82) is 0 Å². The molecule has 0 unspecified atom stereocenters. The summed E-state index contributed by atoms with van der Waals surface area (Å²) in [5.41, 5.74) is 1.78. The van der Waals surface area contributed by atoms with Gasteiger partial charge in [-0.3, -0.25) is 4.68 Å². The Morgan fingerprint density at radius 3 is 2.48 bits per heavy atom. The van der Waals surface area contributed by atoms with Crippen LogP contribution in [0.4, 0.5) is 18.9 Å². The van der Waals surface area contributed by atoms with Gasteiger partial charge in [0.15, 0.2) is 10.8 Å². The molecule has 0 aliphatic carbocycles. The van der Waals surface area contributed by atoms with Crippen molar-refractivity contribution in [2.45, 2.75) is 39.4 Å². The first-order chi connectivity index (χ1) is 11.8. The van der Waals surface area contributed by atoms with Gasteiger partial charge in [0, 0.05) is 24.5 Å². The minimum absolute atomic E-state index is 0.392. The third kappa shape index (κ3) is 5.74. The van der Waals surface area contributed by atoms with Crippen molar-refractivity contribution in [2.75, 3.05) is 11.9 Å². The van der Waals surface area contributed by atoms with Crippen LogP contribution in [0.3, 0.4) is 0 Å². The predicted molar refractivity (Wildman–Crippen MR) is 96.6 cm³/mol. The van der Waals surface area contributed by atoms with Crippen LogP contribution in [0.5, 0.6) is 0 Å². The average Bonchev–Trinajstić information content (AvgIpc) is 2.93. The molecule has 2 rings (SSSR count). The van der Waals surface area contributed by atoms with E-state index in [4.69, 9.17) is 12.2 Å². The Morgan fingerprint density at radius 1 is 1.24 bits per heavy atom. The zero-order valence-electron chi connectivity index (χ0n) is 14.2. The van der Waals surface area contributed by atoms with Crippen LogP contribution in [0.2, 0.25) is 0 Å². The second kappa shape index (κ2) is 8.33. The van der Waals surface area contributed by atoms with Crippen LogP contribution in [-0.2, 0) is 19.1 Å². The molecule has 2 N–H and O–H groups in total. The third-order valence-corrected chi connectivity index (χ3v) is 3.97. The Labute approximate surface area is 150 Å². The van der Waals surface area contributed by atoms with Crippen molar-refractivity contribution in [3.8, 4) is 0 Å². The van der Waals surface area contributed by atoms with Crippen LogP contribution in [0.1, 0.15) is 30.3 Å². The fourth-order valence-electron chi connectivity index (χ4n) is 2.30. The second-order valence-electron chi connectivity index (χ2n) is 5.68. The molecule has 0 aliphatic heterocycles. The Bertz CT molecular complexity index is 708. The van der Waals surface area contributed by atoms with Gasteiger partial charge >= 0.3 is 6.18 Å². The van der Waals surface area contributed by atoms with Crippen LogP contribution in [0.25, 0.3) is 0 Å². The van der Waals surface area contributed by atoms with Crippen LogP contribution in [0, 0.1) is 6.92 Å². The summed E-state index contributed by atoms with van der Waals surface area (Å²) in [5.74, 6) is 0. The van der Waals surface area contributed by atoms with Gasteiger partial charge in [0.2, 0.25) is 0 Å². The second-order valence-corrected chi connectivity index (χ2v) is 6.09. The molecule has 0 amide bonds. The van der Waals surface area contributed by atoms with E-state index in [1.165, 1.54) is 10.2 Å². The van der Waals surface area contributed by atoms with Crippen LogP contribution < -0.4 is 10.6 Å². The average molecular weight is 370 g/mol. The molecule has 1 aromatic carbocycles. The van der Waals surface area contributed by atoms with Crippen LogP contribution in [0.15, 0.2) is 30.3 Å². The molecular formula is C17H21F3N4S. The number of benzene rings is 1. The number of hydrogen-bond donors (Lipinski definition) is 2. The summed E-state index contributed by atoms with van der Waals surface area (Å²) in [6.45, 7) is 4.64. The fourth-order valence-corrected chi connectivity index (χ4v) is 2.52. The molecular weight excluding hydrogens is 349 g/mol. The summed E-state index contributed by atoms with van der Waals surface area (Å²) < 4.78 is 39.2. The Kier molecular flexibility index (Phi) is 6.41. The van der Waals surface area contributed by atoms with Gasteiger partial charge in [-0.1, -0.05) is 19.1 Å². The molecule has 4 nitrogen and oxygen atoms in total.